The van der Waals surface area contributed by atoms with Crippen LogP contribution in [0.4, 0.5) is 0 Å². The second kappa shape index (κ2) is 18.6. The molecule has 0 bridgehead atoms. The third-order valence-corrected chi connectivity index (χ3v) is 17.0. The molecule has 5 heterocycles. The predicted octanol–water partition coefficient (Wildman–Crippen LogP) is 17.1. The van der Waals surface area contributed by atoms with Crippen molar-refractivity contribution >= 4 is 55.9 Å². The van der Waals surface area contributed by atoms with E-state index in [1.54, 1.807) is 0 Å². The van der Waals surface area contributed by atoms with Crippen LogP contribution in [0.5, 0.6) is 34.5 Å². The molecule has 2 aliphatic heterocycles. The Bertz CT molecular complexity index is 4290. The molecule has 0 N–H and O–H groups in total. The predicted molar refractivity (Wildman–Crippen MR) is 340 cm³/mol. The number of nitrogens with zero attached hydrogens (tertiary/aromatic N) is 4. The first kappa shape index (κ1) is 53.0. The normalized spacial score (nSPS) is 13.5. The first-order chi connectivity index (χ1) is 38.7. The van der Waals surface area contributed by atoms with Crippen molar-refractivity contribution in [2.45, 2.75) is 131 Å². The molecule has 8 aromatic carbocycles. The van der Waals surface area contributed by atoms with E-state index in [4.69, 9.17) is 19.2 Å². The van der Waals surface area contributed by atoms with Gasteiger partial charge >= 0.3 is 0 Å². The molecule has 410 valence electrons. The lowest BCUT2D eigenvalue weighted by molar-refractivity contribution is -0.567. The van der Waals surface area contributed by atoms with Gasteiger partial charge in [-0.2, -0.15) is 9.13 Å². The van der Waals surface area contributed by atoms with Crippen molar-refractivity contribution in [1.82, 2.24) is 14.1 Å². The fourth-order valence-electron chi connectivity index (χ4n) is 12.1. The molecule has 0 fully saturated rings. The number of imidazole rings is 1. The van der Waals surface area contributed by atoms with Gasteiger partial charge in [0, 0.05) is 34.6 Å². The third kappa shape index (κ3) is 9.25. The van der Waals surface area contributed by atoms with Gasteiger partial charge in [0.15, 0.2) is 11.0 Å². The maximum atomic E-state index is 7.03. The molecular weight excluding hydrogens is 1000 g/mol. The van der Waals surface area contributed by atoms with Gasteiger partial charge in [-0.25, -0.2) is 4.98 Å². The van der Waals surface area contributed by atoms with Gasteiger partial charge in [-0.15, -0.1) is 0 Å². The number of fused-ring (bicyclic) bond motifs is 8. The Hall–Kier alpha value is -8.36. The Morgan fingerprint density at radius 2 is 1.04 bits per heavy atom. The van der Waals surface area contributed by atoms with Gasteiger partial charge in [0.2, 0.25) is 0 Å². The minimum absolute atomic E-state index is 0.0150. The van der Waals surface area contributed by atoms with E-state index in [1.807, 2.05) is 12.3 Å². The zero-order valence-corrected chi connectivity index (χ0v) is 50.3. The summed E-state index contributed by atoms with van der Waals surface area (Å²) in [6.07, 6.45) is 4.15. The fourth-order valence-corrected chi connectivity index (χ4v) is 12.1. The molecule has 2 aliphatic rings. The van der Waals surface area contributed by atoms with Gasteiger partial charge < -0.3 is 14.2 Å². The highest BCUT2D eigenvalue weighted by molar-refractivity contribution is 6.98. The van der Waals surface area contributed by atoms with Crippen molar-refractivity contribution in [1.29, 1.82) is 0 Å². The quantitative estimate of drug-likeness (QED) is 0.123. The van der Waals surface area contributed by atoms with Crippen LogP contribution in [-0.4, -0.2) is 20.8 Å². The van der Waals surface area contributed by atoms with Crippen molar-refractivity contribution in [2.24, 2.45) is 0 Å². The number of para-hydroxylation sites is 2. The summed E-state index contributed by atoms with van der Waals surface area (Å²) < 4.78 is 27.9. The minimum Gasteiger partial charge on any atom is -0.458 e. The Labute approximate surface area is 484 Å². The standard InChI is InChI=1S/C74H74BN4O3/c1-70(2,3)47-24-28-58-64(39-47)81-66-34-46(35-67-69(66)75(58)59-29-25-48(71(4,5)6)40-65(59)82-67)45-23-30-60-57(33-45)56-27-26-55(43-63(56)79(60)68-41-49(31-32-76-68)72(7,8)9)80-54-20-18-19-52(42-54)77-44-78(62-22-17-16-21-61(62)77)53-37-50(73(10,11)12)36-51(38-53)74(13,14)15/h16-44H,1-15H3/q+1. The summed E-state index contributed by atoms with van der Waals surface area (Å²) >= 11 is 0. The number of aromatic nitrogens is 4. The van der Waals surface area contributed by atoms with Crippen molar-refractivity contribution in [2.75, 3.05) is 0 Å². The lowest BCUT2D eigenvalue weighted by Crippen LogP contribution is -2.57. The first-order valence-electron chi connectivity index (χ1n) is 29.1. The average molecular weight is 1080 g/mol. The number of hydrogen-bond donors (Lipinski definition) is 0. The largest absolute Gasteiger partial charge is 0.458 e. The minimum atomic E-state index is -0.0847. The Morgan fingerprint density at radius 3 is 1.66 bits per heavy atom. The Kier molecular flexibility index (Phi) is 12.0. The number of ether oxygens (including phenoxy) is 3. The zero-order valence-electron chi connectivity index (χ0n) is 50.3. The van der Waals surface area contributed by atoms with Crippen molar-refractivity contribution in [3.8, 4) is 62.8 Å². The monoisotopic (exact) mass is 1080 g/mol. The summed E-state index contributed by atoms with van der Waals surface area (Å²) in [4.78, 5) is 5.06. The fraction of sp³-hybridized carbons (Fsp3) is 0.270. The van der Waals surface area contributed by atoms with Crippen molar-refractivity contribution in [3.05, 3.63) is 204 Å². The maximum Gasteiger partial charge on any atom is 0.260 e. The average Bonchev–Trinajstić information content (AvgIpc) is 1.77. The van der Waals surface area contributed by atoms with Crippen LogP contribution in [0.3, 0.4) is 0 Å². The second-order valence-corrected chi connectivity index (χ2v) is 28.1. The highest BCUT2D eigenvalue weighted by Gasteiger charge is 2.41. The van der Waals surface area contributed by atoms with Crippen LogP contribution in [-0.2, 0) is 27.1 Å². The van der Waals surface area contributed by atoms with Crippen LogP contribution >= 0.6 is 0 Å². The summed E-state index contributed by atoms with van der Waals surface area (Å²) in [7, 11) is 0. The lowest BCUT2D eigenvalue weighted by atomic mass is 9.34. The smallest absolute Gasteiger partial charge is 0.260 e. The van der Waals surface area contributed by atoms with E-state index >= 15 is 0 Å². The van der Waals surface area contributed by atoms with Crippen molar-refractivity contribution in [3.63, 3.8) is 0 Å². The topological polar surface area (TPSA) is 54.3 Å². The second-order valence-electron chi connectivity index (χ2n) is 28.1. The highest BCUT2D eigenvalue weighted by atomic mass is 16.5. The van der Waals surface area contributed by atoms with Gasteiger partial charge in [-0.05, 0) is 174 Å². The molecule has 0 unspecified atom stereocenters. The maximum absolute atomic E-state index is 7.03. The molecule has 0 atom stereocenters. The number of hydrogen-bond acceptors (Lipinski definition) is 4. The van der Waals surface area contributed by atoms with E-state index < -0.39 is 0 Å². The van der Waals surface area contributed by atoms with E-state index in [0.29, 0.717) is 0 Å². The molecule has 7 nitrogen and oxygen atoms in total. The molecule has 0 radical (unpaired) electrons. The van der Waals surface area contributed by atoms with Crippen LogP contribution in [0.15, 0.2) is 176 Å². The van der Waals surface area contributed by atoms with Gasteiger partial charge in [0.05, 0.1) is 11.0 Å². The molecule has 0 saturated carbocycles. The van der Waals surface area contributed by atoms with Gasteiger partial charge in [-0.3, -0.25) is 4.57 Å². The summed E-state index contributed by atoms with van der Waals surface area (Å²) in [5, 5.41) is 2.19. The van der Waals surface area contributed by atoms with Crippen LogP contribution in [0.1, 0.15) is 132 Å². The number of rotatable bonds is 6. The molecule has 0 aliphatic carbocycles. The van der Waals surface area contributed by atoms with E-state index in [2.05, 4.69) is 282 Å². The number of pyridine rings is 1. The molecule has 0 spiro atoms. The zero-order chi connectivity index (χ0) is 57.6. The van der Waals surface area contributed by atoms with E-state index in [0.717, 1.165) is 112 Å². The molecule has 8 heteroatoms. The van der Waals surface area contributed by atoms with Gasteiger partial charge in [-0.1, -0.05) is 158 Å². The molecule has 3 aromatic heterocycles. The van der Waals surface area contributed by atoms with Crippen molar-refractivity contribution < 1.29 is 18.8 Å². The molecule has 0 amide bonds. The molecule has 11 aromatic rings. The summed E-state index contributed by atoms with van der Waals surface area (Å²) in [6, 6.07) is 59.7. The Morgan fingerprint density at radius 1 is 0.439 bits per heavy atom. The SMILES string of the molecule is CC(C)(C)c1cc(-[n+]2cn(-c3cccc(Oc4ccc5c6cc(-c7cc8c9c(c7)Oc7cc(C(C)(C)C)ccc7B9c7ccc(C(C)(C)C)cc7O8)ccc6n(-c6cc(C(C)(C)C)ccn6)c5c4)c3)c3ccccc32)cc(C(C)(C)C)c1. The summed E-state index contributed by atoms with van der Waals surface area (Å²) in [5.74, 6) is 5.75. The van der Waals surface area contributed by atoms with Gasteiger partial charge in [0.25, 0.3) is 13.0 Å². The molecular formula is C74H74BN4O3+. The highest BCUT2D eigenvalue weighted by Crippen LogP contribution is 2.43. The summed E-state index contributed by atoms with van der Waals surface area (Å²) in [5.41, 5.74) is 18.0. The Balaban J connectivity index is 0.916. The van der Waals surface area contributed by atoms with E-state index in [9.17, 15) is 0 Å². The molecule has 13 rings (SSSR count). The van der Waals surface area contributed by atoms with E-state index in [1.165, 1.54) is 27.8 Å². The molecule has 82 heavy (non-hydrogen) atoms. The van der Waals surface area contributed by atoms with Crippen LogP contribution < -0.4 is 35.2 Å². The van der Waals surface area contributed by atoms with Crippen LogP contribution in [0.2, 0.25) is 0 Å². The van der Waals surface area contributed by atoms with Crippen LogP contribution in [0, 0.1) is 0 Å². The van der Waals surface area contributed by atoms with Crippen LogP contribution in [0.25, 0.3) is 61.2 Å². The van der Waals surface area contributed by atoms with E-state index in [-0.39, 0.29) is 33.8 Å². The number of benzene rings is 8. The summed E-state index contributed by atoms with van der Waals surface area (Å²) in [6.45, 7) is 34.0. The van der Waals surface area contributed by atoms with Gasteiger partial charge in [0.1, 0.15) is 51.7 Å². The first-order valence-corrected chi connectivity index (χ1v) is 29.1. The third-order valence-electron chi connectivity index (χ3n) is 17.0. The lowest BCUT2D eigenvalue weighted by Gasteiger charge is -2.35. The molecule has 0 saturated heterocycles.